The van der Waals surface area contributed by atoms with Gasteiger partial charge in [0.05, 0.1) is 0 Å². The van der Waals surface area contributed by atoms with Crippen molar-refractivity contribution in [3.63, 3.8) is 0 Å². The van der Waals surface area contributed by atoms with Crippen molar-refractivity contribution >= 4 is 6.29 Å². The summed E-state index contributed by atoms with van der Waals surface area (Å²) in [5, 5.41) is 9.26. The Morgan fingerprint density at radius 1 is 1.50 bits per heavy atom. The molecule has 0 unspecified atom stereocenters. The van der Waals surface area contributed by atoms with Crippen LogP contribution in [0.2, 0.25) is 0 Å². The van der Waals surface area contributed by atoms with Gasteiger partial charge in [-0.3, -0.25) is 0 Å². The van der Waals surface area contributed by atoms with Crippen LogP contribution in [0.25, 0.3) is 0 Å². The van der Waals surface area contributed by atoms with E-state index in [2.05, 4.69) is 20.8 Å². The Hall–Kier alpha value is -0.370. The predicted octanol–water partition coefficient (Wildman–Crippen LogP) is 1.62. The fourth-order valence-electron chi connectivity index (χ4n) is 2.13. The van der Waals surface area contributed by atoms with E-state index in [1.54, 1.807) is 0 Å². The molecule has 70 valence electrons. The van der Waals surface area contributed by atoms with Crippen LogP contribution in [0, 0.1) is 16.7 Å². The summed E-state index contributed by atoms with van der Waals surface area (Å²) in [5.74, 6) is 0.120. The second kappa shape index (κ2) is 2.84. The fourth-order valence-corrected chi connectivity index (χ4v) is 2.13. The third-order valence-corrected chi connectivity index (χ3v) is 4.00. The van der Waals surface area contributed by atoms with E-state index in [0.29, 0.717) is 0 Å². The van der Waals surface area contributed by atoms with E-state index in [-0.39, 0.29) is 23.4 Å². The largest absolute Gasteiger partial charge is 0.396 e. The monoisotopic (exact) mass is 170 g/mol. The maximum absolute atomic E-state index is 10.7. The Morgan fingerprint density at radius 3 is 2.33 bits per heavy atom. The normalized spacial score (nSPS) is 39.8. The summed E-state index contributed by atoms with van der Waals surface area (Å²) in [6, 6.07) is 0. The van der Waals surface area contributed by atoms with Crippen molar-refractivity contribution in [2.45, 2.75) is 33.6 Å². The highest BCUT2D eigenvalue weighted by atomic mass is 16.3. The number of aliphatic hydroxyl groups is 1. The van der Waals surface area contributed by atoms with E-state index >= 15 is 0 Å². The van der Waals surface area contributed by atoms with Crippen molar-refractivity contribution in [1.29, 1.82) is 0 Å². The van der Waals surface area contributed by atoms with Crippen molar-refractivity contribution in [3.05, 3.63) is 0 Å². The lowest BCUT2D eigenvalue weighted by Gasteiger charge is -2.38. The molecule has 12 heavy (non-hydrogen) atoms. The summed E-state index contributed by atoms with van der Waals surface area (Å²) in [6.45, 7) is 6.41. The maximum Gasteiger partial charge on any atom is 0.123 e. The summed E-state index contributed by atoms with van der Waals surface area (Å²) in [5.41, 5.74) is -0.123. The molecule has 2 heteroatoms. The molecular formula is C10H18O2. The highest BCUT2D eigenvalue weighted by Crippen LogP contribution is 2.54. The van der Waals surface area contributed by atoms with Crippen molar-refractivity contribution in [2.24, 2.45) is 16.7 Å². The molecule has 2 nitrogen and oxygen atoms in total. The Balaban J connectivity index is 2.91. The molecule has 1 aliphatic rings. The standard InChI is InChI=1S/C10H18O2/c1-9(2)8(6-11)4-5-10(9,3)7-12/h6,8,12H,4-5,7H2,1-3H3/t8-,10+/m1/s1. The van der Waals surface area contributed by atoms with Gasteiger partial charge in [-0.25, -0.2) is 0 Å². The predicted molar refractivity (Wildman–Crippen MR) is 47.8 cm³/mol. The van der Waals surface area contributed by atoms with E-state index in [9.17, 15) is 9.90 Å². The molecule has 0 radical (unpaired) electrons. The van der Waals surface area contributed by atoms with E-state index in [1.807, 2.05) is 0 Å². The zero-order chi connectivity index (χ0) is 9.41. The minimum atomic E-state index is -0.0709. The first kappa shape index (κ1) is 9.72. The van der Waals surface area contributed by atoms with Crippen LogP contribution in [0.5, 0.6) is 0 Å². The third-order valence-electron chi connectivity index (χ3n) is 4.00. The molecule has 0 aliphatic heterocycles. The van der Waals surface area contributed by atoms with Crippen LogP contribution in [0.3, 0.4) is 0 Å². The Bertz CT molecular complexity index is 186. The number of hydrogen-bond donors (Lipinski definition) is 1. The van der Waals surface area contributed by atoms with E-state index in [0.717, 1.165) is 19.1 Å². The summed E-state index contributed by atoms with van der Waals surface area (Å²) < 4.78 is 0. The van der Waals surface area contributed by atoms with Gasteiger partial charge in [0.1, 0.15) is 6.29 Å². The molecule has 0 amide bonds. The van der Waals surface area contributed by atoms with Gasteiger partial charge in [-0.1, -0.05) is 20.8 Å². The maximum atomic E-state index is 10.7. The Labute approximate surface area is 74.0 Å². The lowest BCUT2D eigenvalue weighted by atomic mass is 9.66. The van der Waals surface area contributed by atoms with Gasteiger partial charge in [0, 0.05) is 12.5 Å². The van der Waals surface area contributed by atoms with E-state index in [4.69, 9.17) is 0 Å². The van der Waals surface area contributed by atoms with Crippen molar-refractivity contribution in [3.8, 4) is 0 Å². The van der Waals surface area contributed by atoms with Crippen molar-refractivity contribution in [1.82, 2.24) is 0 Å². The zero-order valence-electron chi connectivity index (χ0n) is 8.13. The highest BCUT2D eigenvalue weighted by molar-refractivity contribution is 5.56. The average Bonchev–Trinajstić information content (AvgIpc) is 2.25. The summed E-state index contributed by atoms with van der Waals surface area (Å²) in [4.78, 5) is 10.7. The van der Waals surface area contributed by atoms with Gasteiger partial charge in [0.15, 0.2) is 0 Å². The molecule has 0 aromatic rings. The minimum Gasteiger partial charge on any atom is -0.396 e. The van der Waals surface area contributed by atoms with Crippen LogP contribution in [0.15, 0.2) is 0 Å². The summed E-state index contributed by atoms with van der Waals surface area (Å²) in [6.07, 6.45) is 2.92. The molecule has 1 fully saturated rings. The second-order valence-corrected chi connectivity index (χ2v) is 4.72. The second-order valence-electron chi connectivity index (χ2n) is 4.72. The quantitative estimate of drug-likeness (QED) is 0.639. The fraction of sp³-hybridized carbons (Fsp3) is 0.900. The summed E-state index contributed by atoms with van der Waals surface area (Å²) in [7, 11) is 0. The summed E-state index contributed by atoms with van der Waals surface area (Å²) >= 11 is 0. The molecule has 2 atom stereocenters. The molecule has 0 spiro atoms. The number of carbonyl (C=O) groups excluding carboxylic acids is 1. The van der Waals surface area contributed by atoms with Crippen LogP contribution >= 0.6 is 0 Å². The first-order valence-corrected chi connectivity index (χ1v) is 4.54. The number of carbonyl (C=O) groups is 1. The SMILES string of the molecule is CC1(C)[C@@H](C=O)CC[C@@]1(C)CO. The number of aliphatic hydroxyl groups excluding tert-OH is 1. The molecule has 0 saturated heterocycles. The number of aldehydes is 1. The van der Waals surface area contributed by atoms with Gasteiger partial charge in [0.2, 0.25) is 0 Å². The van der Waals surface area contributed by atoms with Crippen LogP contribution in [-0.2, 0) is 4.79 Å². The first-order valence-electron chi connectivity index (χ1n) is 4.54. The molecule has 0 bridgehead atoms. The van der Waals surface area contributed by atoms with Gasteiger partial charge in [0.25, 0.3) is 0 Å². The molecule has 1 N–H and O–H groups in total. The molecule has 1 rings (SSSR count). The van der Waals surface area contributed by atoms with Crippen LogP contribution in [0.1, 0.15) is 33.6 Å². The molecule has 0 aromatic carbocycles. The Morgan fingerprint density at radius 2 is 2.08 bits per heavy atom. The van der Waals surface area contributed by atoms with E-state index in [1.165, 1.54) is 0 Å². The molecule has 0 aromatic heterocycles. The molecule has 1 saturated carbocycles. The van der Waals surface area contributed by atoms with Crippen LogP contribution < -0.4 is 0 Å². The topological polar surface area (TPSA) is 37.3 Å². The van der Waals surface area contributed by atoms with Crippen LogP contribution in [0.4, 0.5) is 0 Å². The van der Waals surface area contributed by atoms with Gasteiger partial charge in [-0.15, -0.1) is 0 Å². The van der Waals surface area contributed by atoms with Gasteiger partial charge >= 0.3 is 0 Å². The van der Waals surface area contributed by atoms with E-state index < -0.39 is 0 Å². The Kier molecular flexibility index (Phi) is 2.30. The molecule has 0 heterocycles. The number of rotatable bonds is 2. The van der Waals surface area contributed by atoms with Gasteiger partial charge in [-0.2, -0.15) is 0 Å². The molecular weight excluding hydrogens is 152 g/mol. The number of hydrogen-bond acceptors (Lipinski definition) is 2. The zero-order valence-corrected chi connectivity index (χ0v) is 8.13. The third kappa shape index (κ3) is 1.09. The average molecular weight is 170 g/mol. The lowest BCUT2D eigenvalue weighted by Crippen LogP contribution is -2.37. The minimum absolute atomic E-state index is 0.0521. The smallest absolute Gasteiger partial charge is 0.123 e. The van der Waals surface area contributed by atoms with Gasteiger partial charge in [-0.05, 0) is 23.7 Å². The van der Waals surface area contributed by atoms with Crippen molar-refractivity contribution < 1.29 is 9.90 Å². The lowest BCUT2D eigenvalue weighted by molar-refractivity contribution is -0.115. The van der Waals surface area contributed by atoms with Gasteiger partial charge < -0.3 is 9.90 Å². The molecule has 1 aliphatic carbocycles. The van der Waals surface area contributed by atoms with Crippen LogP contribution in [-0.4, -0.2) is 18.0 Å². The first-order chi connectivity index (χ1) is 5.48. The highest BCUT2D eigenvalue weighted by Gasteiger charge is 2.50. The van der Waals surface area contributed by atoms with Crippen molar-refractivity contribution in [2.75, 3.05) is 6.61 Å².